The molecule has 0 aliphatic rings. The first-order valence-corrected chi connectivity index (χ1v) is 11.2. The van der Waals surface area contributed by atoms with Crippen LogP contribution in [-0.4, -0.2) is 31.4 Å². The van der Waals surface area contributed by atoms with E-state index in [1.807, 2.05) is 84.7 Å². The van der Waals surface area contributed by atoms with Crippen LogP contribution in [0.5, 0.6) is 0 Å². The predicted molar refractivity (Wildman–Crippen MR) is 135 cm³/mol. The summed E-state index contributed by atoms with van der Waals surface area (Å²) in [5.74, 6) is -0.306. The van der Waals surface area contributed by atoms with E-state index in [4.69, 9.17) is 0 Å². The molecule has 0 spiro atoms. The van der Waals surface area contributed by atoms with Gasteiger partial charge in [0.25, 0.3) is 5.91 Å². The first-order valence-electron chi connectivity index (χ1n) is 11.2. The second kappa shape index (κ2) is 9.64. The fourth-order valence-electron chi connectivity index (χ4n) is 3.93. The van der Waals surface area contributed by atoms with Crippen LogP contribution in [0.1, 0.15) is 15.9 Å². The van der Waals surface area contributed by atoms with E-state index >= 15 is 0 Å². The van der Waals surface area contributed by atoms with E-state index in [2.05, 4.69) is 15.6 Å². The molecule has 5 aromatic rings. The Morgan fingerprint density at radius 1 is 0.914 bits per heavy atom. The molecule has 8 heteroatoms. The quantitative estimate of drug-likeness (QED) is 0.390. The highest BCUT2D eigenvalue weighted by Crippen LogP contribution is 2.22. The van der Waals surface area contributed by atoms with Gasteiger partial charge >= 0.3 is 0 Å². The van der Waals surface area contributed by atoms with Gasteiger partial charge in [-0.05, 0) is 60.2 Å². The van der Waals surface area contributed by atoms with E-state index < -0.39 is 0 Å². The van der Waals surface area contributed by atoms with Gasteiger partial charge in [0, 0.05) is 36.4 Å². The van der Waals surface area contributed by atoms with Gasteiger partial charge in [-0.3, -0.25) is 9.59 Å². The van der Waals surface area contributed by atoms with Crippen molar-refractivity contribution >= 4 is 34.2 Å². The molecule has 2 heterocycles. The van der Waals surface area contributed by atoms with E-state index in [0.29, 0.717) is 17.8 Å². The molecule has 0 saturated carbocycles. The van der Waals surface area contributed by atoms with Gasteiger partial charge in [-0.1, -0.05) is 35.5 Å². The highest BCUT2D eigenvalue weighted by atomic mass is 16.2. The first-order chi connectivity index (χ1) is 17.1. The number of nitrogens with zero attached hydrogens (tertiary/aromatic N) is 5. The minimum atomic E-state index is -0.186. The number of carbonyl (C=O) groups is 2. The van der Waals surface area contributed by atoms with Crippen LogP contribution in [0.2, 0.25) is 0 Å². The summed E-state index contributed by atoms with van der Waals surface area (Å²) in [6.07, 6.45) is 3.94. The van der Waals surface area contributed by atoms with Crippen LogP contribution >= 0.6 is 0 Å². The topological polar surface area (TPSA) is 85.1 Å². The summed E-state index contributed by atoms with van der Waals surface area (Å²) in [4.78, 5) is 27.7. The van der Waals surface area contributed by atoms with Crippen molar-refractivity contribution < 1.29 is 9.59 Å². The number of amides is 2. The Kier molecular flexibility index (Phi) is 6.09. The largest absolute Gasteiger partial charge is 0.357 e. The van der Waals surface area contributed by atoms with Gasteiger partial charge in [0.1, 0.15) is 12.1 Å². The summed E-state index contributed by atoms with van der Waals surface area (Å²) in [5.41, 5.74) is 4.51. The highest BCUT2D eigenvalue weighted by molar-refractivity contribution is 6.04. The number of hydrogen-bond donors (Lipinski definition) is 1. The van der Waals surface area contributed by atoms with Crippen molar-refractivity contribution in [2.75, 3.05) is 10.2 Å². The van der Waals surface area contributed by atoms with Crippen molar-refractivity contribution in [1.82, 2.24) is 19.6 Å². The highest BCUT2D eigenvalue weighted by Gasteiger charge is 2.19. The molecule has 3 aromatic carbocycles. The summed E-state index contributed by atoms with van der Waals surface area (Å²) >= 11 is 0. The Morgan fingerprint density at radius 2 is 1.66 bits per heavy atom. The average Bonchev–Trinajstić information content (AvgIpc) is 3.49. The van der Waals surface area contributed by atoms with Gasteiger partial charge in [-0.2, -0.15) is 0 Å². The molecule has 2 aromatic heterocycles. The first kappa shape index (κ1) is 22.1. The SMILES string of the molecule is Cn1ccc(CN(C(=O)Cn2nnc3ccccc32)c2ccc(NC(=O)c3ccccc3)cc2)c1. The van der Waals surface area contributed by atoms with Crippen molar-refractivity contribution in [2.24, 2.45) is 7.05 Å². The fourth-order valence-corrected chi connectivity index (χ4v) is 3.93. The lowest BCUT2D eigenvalue weighted by Gasteiger charge is -2.23. The van der Waals surface area contributed by atoms with Gasteiger partial charge < -0.3 is 14.8 Å². The Bertz CT molecular complexity index is 1470. The minimum absolute atomic E-state index is 0.0554. The number of carbonyl (C=O) groups excluding carboxylic acids is 2. The van der Waals surface area contributed by atoms with Gasteiger partial charge in [0.2, 0.25) is 5.91 Å². The zero-order valence-electron chi connectivity index (χ0n) is 19.2. The molecule has 0 radical (unpaired) electrons. The maximum absolute atomic E-state index is 13.5. The number of aromatic nitrogens is 4. The molecule has 0 fully saturated rings. The molecule has 0 saturated heterocycles. The molecule has 0 unspecified atom stereocenters. The Hall–Kier alpha value is -4.72. The number of para-hydroxylation sites is 1. The van der Waals surface area contributed by atoms with E-state index in [0.717, 1.165) is 22.3 Å². The lowest BCUT2D eigenvalue weighted by Crippen LogP contribution is -2.33. The standard InChI is InChI=1S/C27H24N6O2/c1-31-16-15-20(17-31)18-32(26(34)19-33-25-10-6-5-9-24(25)29-30-33)23-13-11-22(12-14-23)28-27(35)21-7-3-2-4-8-21/h2-17H,18-19H2,1H3,(H,28,35). The van der Waals surface area contributed by atoms with Crippen LogP contribution in [0.3, 0.4) is 0 Å². The number of benzene rings is 3. The van der Waals surface area contributed by atoms with Crippen molar-refractivity contribution in [3.63, 3.8) is 0 Å². The average molecular weight is 465 g/mol. The fraction of sp³-hybridized carbons (Fsp3) is 0.111. The van der Waals surface area contributed by atoms with Crippen LogP contribution in [0, 0.1) is 0 Å². The molecule has 0 aliphatic carbocycles. The summed E-state index contributed by atoms with van der Waals surface area (Å²) < 4.78 is 3.56. The van der Waals surface area contributed by atoms with Gasteiger partial charge in [-0.25, -0.2) is 4.68 Å². The van der Waals surface area contributed by atoms with Crippen LogP contribution in [-0.2, 0) is 24.9 Å². The number of anilines is 2. The molecule has 2 amide bonds. The number of nitrogens with one attached hydrogen (secondary N) is 1. The maximum Gasteiger partial charge on any atom is 0.255 e. The predicted octanol–water partition coefficient (Wildman–Crippen LogP) is 4.26. The third kappa shape index (κ3) is 4.96. The second-order valence-corrected chi connectivity index (χ2v) is 8.27. The Labute approximate surface area is 202 Å². The summed E-state index contributed by atoms with van der Waals surface area (Å²) in [7, 11) is 1.95. The molecule has 0 bridgehead atoms. The lowest BCUT2D eigenvalue weighted by molar-refractivity contribution is -0.119. The summed E-state index contributed by atoms with van der Waals surface area (Å²) in [6.45, 7) is 0.460. The zero-order valence-corrected chi connectivity index (χ0v) is 19.2. The molecule has 35 heavy (non-hydrogen) atoms. The number of hydrogen-bond acceptors (Lipinski definition) is 4. The van der Waals surface area contributed by atoms with Crippen molar-refractivity contribution in [2.45, 2.75) is 13.1 Å². The smallest absolute Gasteiger partial charge is 0.255 e. The lowest BCUT2D eigenvalue weighted by atomic mass is 10.2. The zero-order chi connectivity index (χ0) is 24.2. The number of rotatable bonds is 7. The van der Waals surface area contributed by atoms with Crippen LogP contribution in [0.15, 0.2) is 97.3 Å². The molecule has 8 nitrogen and oxygen atoms in total. The summed E-state index contributed by atoms with van der Waals surface area (Å²) in [6, 6.07) is 25.8. The van der Waals surface area contributed by atoms with E-state index in [9.17, 15) is 9.59 Å². The van der Waals surface area contributed by atoms with Gasteiger partial charge in [0.15, 0.2) is 0 Å². The molecular weight excluding hydrogens is 440 g/mol. The number of aryl methyl sites for hydroxylation is 1. The van der Waals surface area contributed by atoms with Crippen LogP contribution in [0.4, 0.5) is 11.4 Å². The van der Waals surface area contributed by atoms with Crippen molar-refractivity contribution in [3.05, 3.63) is 108 Å². The van der Waals surface area contributed by atoms with Crippen molar-refractivity contribution in [1.29, 1.82) is 0 Å². The normalized spacial score (nSPS) is 10.9. The van der Waals surface area contributed by atoms with E-state index in [1.54, 1.807) is 33.8 Å². The molecule has 0 atom stereocenters. The van der Waals surface area contributed by atoms with Crippen molar-refractivity contribution in [3.8, 4) is 0 Å². The monoisotopic (exact) mass is 464 g/mol. The molecular formula is C27H24N6O2. The van der Waals surface area contributed by atoms with E-state index in [-0.39, 0.29) is 18.4 Å². The summed E-state index contributed by atoms with van der Waals surface area (Å²) in [5, 5.41) is 11.2. The van der Waals surface area contributed by atoms with Crippen LogP contribution in [0.25, 0.3) is 11.0 Å². The molecule has 5 rings (SSSR count). The van der Waals surface area contributed by atoms with Gasteiger partial charge in [0.05, 0.1) is 12.1 Å². The van der Waals surface area contributed by atoms with Gasteiger partial charge in [-0.15, -0.1) is 5.10 Å². The van der Waals surface area contributed by atoms with Crippen LogP contribution < -0.4 is 10.2 Å². The minimum Gasteiger partial charge on any atom is -0.357 e. The third-order valence-corrected chi connectivity index (χ3v) is 5.71. The second-order valence-electron chi connectivity index (χ2n) is 8.27. The number of fused-ring (bicyclic) bond motifs is 1. The third-order valence-electron chi connectivity index (χ3n) is 5.71. The molecule has 1 N–H and O–H groups in total. The Morgan fingerprint density at radius 3 is 2.40 bits per heavy atom. The Balaban J connectivity index is 1.38. The maximum atomic E-state index is 13.5. The molecule has 0 aliphatic heterocycles. The van der Waals surface area contributed by atoms with E-state index in [1.165, 1.54) is 0 Å². The molecule has 174 valence electrons.